The summed E-state index contributed by atoms with van der Waals surface area (Å²) in [7, 11) is 0. The maximum atomic E-state index is 2.31. The van der Waals surface area contributed by atoms with E-state index in [2.05, 4.69) is 38.2 Å². The summed E-state index contributed by atoms with van der Waals surface area (Å²) in [5.41, 5.74) is 3.13. The molecule has 0 bridgehead atoms. The lowest BCUT2D eigenvalue weighted by Crippen LogP contribution is -1.87. The average Bonchev–Trinajstić information content (AvgIpc) is 2.34. The van der Waals surface area contributed by atoms with Crippen LogP contribution in [-0.2, 0) is 0 Å². The van der Waals surface area contributed by atoms with Crippen molar-refractivity contribution in [1.29, 1.82) is 0 Å². The maximum absolute atomic E-state index is 2.31. The Hall–Kier alpha value is -0.780. The lowest BCUT2D eigenvalue weighted by atomic mass is 9.99. The van der Waals surface area contributed by atoms with Crippen molar-refractivity contribution in [2.24, 2.45) is 0 Å². The first kappa shape index (κ1) is 12.3. The molecule has 15 heavy (non-hydrogen) atoms. The van der Waals surface area contributed by atoms with E-state index in [9.17, 15) is 0 Å². The van der Waals surface area contributed by atoms with E-state index in [1.807, 2.05) is 0 Å². The molecule has 0 saturated carbocycles. The van der Waals surface area contributed by atoms with Crippen molar-refractivity contribution >= 4 is 0 Å². The first-order valence-electron chi connectivity index (χ1n) is 6.36. The Bertz CT molecular complexity index is 227. The molecule has 84 valence electrons. The zero-order chi connectivity index (χ0) is 10.9. The van der Waals surface area contributed by atoms with Crippen LogP contribution in [0.4, 0.5) is 0 Å². The van der Waals surface area contributed by atoms with E-state index in [1.54, 1.807) is 11.1 Å². The Labute approximate surface area is 94.8 Å². The summed E-state index contributed by atoms with van der Waals surface area (Å²) in [4.78, 5) is 0. The van der Waals surface area contributed by atoms with Crippen LogP contribution in [0.5, 0.6) is 0 Å². The Morgan fingerprint density at radius 3 is 1.47 bits per heavy atom. The first-order valence-corrected chi connectivity index (χ1v) is 6.36. The predicted octanol–water partition coefficient (Wildman–Crippen LogP) is 5.18. The summed E-state index contributed by atoms with van der Waals surface area (Å²) >= 11 is 0. The second-order valence-corrected chi connectivity index (χ2v) is 4.32. The zero-order valence-corrected chi connectivity index (χ0v) is 10.3. The zero-order valence-electron chi connectivity index (χ0n) is 10.3. The van der Waals surface area contributed by atoms with Crippen LogP contribution in [0.3, 0.4) is 0 Å². The van der Waals surface area contributed by atoms with E-state index in [1.165, 1.54) is 44.9 Å². The molecule has 0 unspecified atom stereocenters. The van der Waals surface area contributed by atoms with Gasteiger partial charge in [-0.25, -0.2) is 0 Å². The molecule has 0 heterocycles. The molecule has 0 heteroatoms. The SMILES string of the molecule is C\C=C/C1=C(\C=C/C)CCCCCCC1. The van der Waals surface area contributed by atoms with Crippen LogP contribution in [0.25, 0.3) is 0 Å². The minimum atomic E-state index is 1.27. The fraction of sp³-hybridized carbons (Fsp3) is 0.600. The van der Waals surface area contributed by atoms with Gasteiger partial charge in [-0.15, -0.1) is 0 Å². The van der Waals surface area contributed by atoms with Crippen LogP contribution in [0.1, 0.15) is 58.8 Å². The molecule has 0 aromatic carbocycles. The van der Waals surface area contributed by atoms with E-state index in [-0.39, 0.29) is 0 Å². The number of hydrogen-bond acceptors (Lipinski definition) is 0. The van der Waals surface area contributed by atoms with Crippen LogP contribution in [0, 0.1) is 0 Å². The van der Waals surface area contributed by atoms with Gasteiger partial charge in [-0.3, -0.25) is 0 Å². The van der Waals surface area contributed by atoms with Gasteiger partial charge >= 0.3 is 0 Å². The monoisotopic (exact) mass is 204 g/mol. The second kappa shape index (κ2) is 7.50. The quantitative estimate of drug-likeness (QED) is 0.581. The summed E-state index contributed by atoms with van der Waals surface area (Å²) in [6.45, 7) is 4.24. The molecule has 0 aromatic heterocycles. The van der Waals surface area contributed by atoms with Gasteiger partial charge in [-0.2, -0.15) is 0 Å². The molecule has 1 aliphatic rings. The maximum Gasteiger partial charge on any atom is -0.0276 e. The van der Waals surface area contributed by atoms with E-state index >= 15 is 0 Å². The third-order valence-corrected chi connectivity index (χ3v) is 3.04. The van der Waals surface area contributed by atoms with Crippen molar-refractivity contribution in [3.63, 3.8) is 0 Å². The smallest absolute Gasteiger partial charge is 0.0276 e. The standard InChI is InChI=1S/C15H24/c1-3-10-14-12-8-6-5-7-9-13-15(14)11-4-2/h3-4,10-11H,5-9,12-13H2,1-2H3/b10-3-,11-4-,15-14-. The summed E-state index contributed by atoms with van der Waals surface area (Å²) in [6, 6.07) is 0. The molecule has 0 N–H and O–H groups in total. The molecule has 0 spiro atoms. The van der Waals surface area contributed by atoms with Crippen molar-refractivity contribution in [3.8, 4) is 0 Å². The summed E-state index contributed by atoms with van der Waals surface area (Å²) < 4.78 is 0. The number of rotatable bonds is 2. The first-order chi connectivity index (χ1) is 7.38. The highest BCUT2D eigenvalue weighted by Gasteiger charge is 2.04. The summed E-state index contributed by atoms with van der Waals surface area (Å²) in [5, 5.41) is 0. The minimum absolute atomic E-state index is 1.27. The molecule has 1 aliphatic carbocycles. The van der Waals surface area contributed by atoms with Gasteiger partial charge in [0.15, 0.2) is 0 Å². The van der Waals surface area contributed by atoms with Crippen LogP contribution in [0.2, 0.25) is 0 Å². The second-order valence-electron chi connectivity index (χ2n) is 4.32. The Balaban J connectivity index is 2.83. The highest BCUT2D eigenvalue weighted by molar-refractivity contribution is 5.33. The van der Waals surface area contributed by atoms with Gasteiger partial charge in [0, 0.05) is 0 Å². The van der Waals surface area contributed by atoms with Gasteiger partial charge in [-0.1, -0.05) is 43.6 Å². The average molecular weight is 204 g/mol. The fourth-order valence-corrected chi connectivity index (χ4v) is 2.27. The molecular formula is C15H24. The van der Waals surface area contributed by atoms with Crippen molar-refractivity contribution in [2.75, 3.05) is 0 Å². The predicted molar refractivity (Wildman–Crippen MR) is 69.0 cm³/mol. The third kappa shape index (κ3) is 4.51. The van der Waals surface area contributed by atoms with Gasteiger partial charge in [0.05, 0.1) is 0 Å². The van der Waals surface area contributed by atoms with Crippen LogP contribution in [0.15, 0.2) is 35.5 Å². The minimum Gasteiger partial charge on any atom is -0.0874 e. The van der Waals surface area contributed by atoms with E-state index in [0.29, 0.717) is 0 Å². The van der Waals surface area contributed by atoms with Gasteiger partial charge < -0.3 is 0 Å². The van der Waals surface area contributed by atoms with Crippen molar-refractivity contribution in [3.05, 3.63) is 35.5 Å². The topological polar surface area (TPSA) is 0 Å². The largest absolute Gasteiger partial charge is 0.0874 e. The highest BCUT2D eigenvalue weighted by Crippen LogP contribution is 2.24. The van der Waals surface area contributed by atoms with Gasteiger partial charge in [0.25, 0.3) is 0 Å². The Morgan fingerprint density at radius 1 is 0.667 bits per heavy atom. The van der Waals surface area contributed by atoms with Crippen molar-refractivity contribution in [1.82, 2.24) is 0 Å². The normalized spacial score (nSPS) is 25.5. The lowest BCUT2D eigenvalue weighted by molar-refractivity contribution is 0.629. The van der Waals surface area contributed by atoms with E-state index in [0.717, 1.165) is 0 Å². The van der Waals surface area contributed by atoms with E-state index in [4.69, 9.17) is 0 Å². The molecular weight excluding hydrogens is 180 g/mol. The highest BCUT2D eigenvalue weighted by atomic mass is 14.1. The van der Waals surface area contributed by atoms with Crippen LogP contribution >= 0.6 is 0 Å². The van der Waals surface area contributed by atoms with Gasteiger partial charge in [0.1, 0.15) is 0 Å². The number of hydrogen-bond donors (Lipinski definition) is 0. The van der Waals surface area contributed by atoms with Crippen molar-refractivity contribution in [2.45, 2.75) is 58.8 Å². The van der Waals surface area contributed by atoms with Crippen LogP contribution in [-0.4, -0.2) is 0 Å². The molecule has 1 rings (SSSR count). The van der Waals surface area contributed by atoms with Gasteiger partial charge in [-0.05, 0) is 50.7 Å². The summed E-state index contributed by atoms with van der Waals surface area (Å²) in [6.07, 6.45) is 18.5. The molecule has 0 aliphatic heterocycles. The van der Waals surface area contributed by atoms with E-state index < -0.39 is 0 Å². The molecule has 0 amide bonds. The number of allylic oxidation sites excluding steroid dienone is 6. The van der Waals surface area contributed by atoms with Crippen molar-refractivity contribution < 1.29 is 0 Å². The molecule has 0 saturated heterocycles. The molecule has 0 radical (unpaired) electrons. The molecule has 0 nitrogen and oxygen atoms in total. The third-order valence-electron chi connectivity index (χ3n) is 3.04. The lowest BCUT2D eigenvalue weighted by Gasteiger charge is -2.07. The molecule has 0 fully saturated rings. The molecule has 0 atom stereocenters. The van der Waals surface area contributed by atoms with Crippen LogP contribution < -0.4 is 0 Å². The van der Waals surface area contributed by atoms with Gasteiger partial charge in [0.2, 0.25) is 0 Å². The Morgan fingerprint density at radius 2 is 1.07 bits per heavy atom. The fourth-order valence-electron chi connectivity index (χ4n) is 2.27. The Kier molecular flexibility index (Phi) is 6.15. The summed E-state index contributed by atoms with van der Waals surface area (Å²) in [5.74, 6) is 0. The molecule has 0 aromatic rings.